The molecule has 1 atom stereocenters. The predicted molar refractivity (Wildman–Crippen MR) is 90.9 cm³/mol. The molecule has 23 heavy (non-hydrogen) atoms. The third-order valence-electron chi connectivity index (χ3n) is 4.09. The molecule has 1 heterocycles. The van der Waals surface area contributed by atoms with Gasteiger partial charge in [0.05, 0.1) is 12.2 Å². The lowest BCUT2D eigenvalue weighted by Crippen LogP contribution is -2.47. The maximum absolute atomic E-state index is 12.6. The largest absolute Gasteiger partial charge is 0.486 e. The van der Waals surface area contributed by atoms with E-state index < -0.39 is 0 Å². The summed E-state index contributed by atoms with van der Waals surface area (Å²) in [6.07, 6.45) is 0.252. The van der Waals surface area contributed by atoms with Crippen molar-refractivity contribution < 1.29 is 14.3 Å². The molecular formula is C18H26N2O3. The van der Waals surface area contributed by atoms with E-state index in [-0.39, 0.29) is 23.7 Å². The third kappa shape index (κ3) is 3.72. The quantitative estimate of drug-likeness (QED) is 0.847. The normalized spacial score (nSPS) is 17.2. The van der Waals surface area contributed by atoms with E-state index in [1.54, 1.807) is 23.1 Å². The number of nitrogens with two attached hydrogens (primary N) is 1. The Morgan fingerprint density at radius 3 is 2.57 bits per heavy atom. The predicted octanol–water partition coefficient (Wildman–Crippen LogP) is 2.62. The minimum Gasteiger partial charge on any atom is -0.486 e. The first-order chi connectivity index (χ1) is 10.8. The number of fused-ring (bicyclic) bond motifs is 1. The van der Waals surface area contributed by atoms with Gasteiger partial charge < -0.3 is 15.4 Å². The van der Waals surface area contributed by atoms with Gasteiger partial charge in [-0.25, -0.2) is 0 Å². The van der Waals surface area contributed by atoms with Gasteiger partial charge in [-0.3, -0.25) is 9.59 Å². The van der Waals surface area contributed by atoms with E-state index >= 15 is 0 Å². The first-order valence-corrected chi connectivity index (χ1v) is 8.20. The molecule has 0 aromatic heterocycles. The van der Waals surface area contributed by atoms with Gasteiger partial charge in [-0.2, -0.15) is 0 Å². The molecule has 0 spiro atoms. The van der Waals surface area contributed by atoms with Crippen molar-refractivity contribution in [1.29, 1.82) is 0 Å². The molecule has 0 bridgehead atoms. The van der Waals surface area contributed by atoms with E-state index in [4.69, 9.17) is 10.5 Å². The number of Topliss-reactive ketones (excluding diaryl/α,β-unsaturated/α-hetero) is 1. The van der Waals surface area contributed by atoms with Gasteiger partial charge in [0.15, 0.2) is 5.78 Å². The molecule has 1 amide bonds. The van der Waals surface area contributed by atoms with Crippen LogP contribution in [0.3, 0.4) is 0 Å². The molecule has 2 rings (SSSR count). The van der Waals surface area contributed by atoms with Crippen LogP contribution in [0.25, 0.3) is 0 Å². The average Bonchev–Trinajstić information content (AvgIpc) is 2.52. The molecule has 5 heteroatoms. The summed E-state index contributed by atoms with van der Waals surface area (Å²) in [4.78, 5) is 26.4. The van der Waals surface area contributed by atoms with Crippen LogP contribution in [0.2, 0.25) is 0 Å². The molecule has 1 aliphatic rings. The van der Waals surface area contributed by atoms with Crippen LogP contribution in [0.1, 0.15) is 44.5 Å². The van der Waals surface area contributed by atoms with E-state index in [0.29, 0.717) is 42.4 Å². The molecule has 5 nitrogen and oxygen atoms in total. The van der Waals surface area contributed by atoms with E-state index in [0.717, 1.165) is 0 Å². The van der Waals surface area contributed by atoms with Gasteiger partial charge in [0, 0.05) is 17.9 Å². The average molecular weight is 318 g/mol. The van der Waals surface area contributed by atoms with Gasteiger partial charge in [-0.05, 0) is 30.7 Å². The number of rotatable bonds is 5. The van der Waals surface area contributed by atoms with Crippen molar-refractivity contribution in [2.45, 2.75) is 40.2 Å². The molecule has 0 aliphatic carbocycles. The van der Waals surface area contributed by atoms with Gasteiger partial charge in [0.2, 0.25) is 5.91 Å². The molecule has 1 aliphatic heterocycles. The number of amides is 1. The Morgan fingerprint density at radius 1 is 1.30 bits per heavy atom. The Hall–Kier alpha value is -1.88. The topological polar surface area (TPSA) is 72.6 Å². The molecule has 1 unspecified atom stereocenters. The van der Waals surface area contributed by atoms with Gasteiger partial charge in [-0.15, -0.1) is 0 Å². The van der Waals surface area contributed by atoms with Crippen LogP contribution < -0.4 is 15.4 Å². The van der Waals surface area contributed by atoms with Gasteiger partial charge in [-0.1, -0.05) is 27.7 Å². The molecule has 1 aromatic carbocycles. The molecule has 2 N–H and O–H groups in total. The fraction of sp³-hybridized carbons (Fsp3) is 0.556. The number of carbonyl (C=O) groups excluding carboxylic acids is 2. The van der Waals surface area contributed by atoms with Crippen molar-refractivity contribution in [2.75, 3.05) is 18.0 Å². The van der Waals surface area contributed by atoms with Crippen LogP contribution in [0.15, 0.2) is 18.2 Å². The maximum Gasteiger partial charge on any atom is 0.229 e. The van der Waals surface area contributed by atoms with Crippen LogP contribution in [0.5, 0.6) is 5.75 Å². The van der Waals surface area contributed by atoms with Gasteiger partial charge in [0.25, 0.3) is 0 Å². The maximum atomic E-state index is 12.6. The van der Waals surface area contributed by atoms with Crippen molar-refractivity contribution in [1.82, 2.24) is 0 Å². The summed E-state index contributed by atoms with van der Waals surface area (Å²) >= 11 is 0. The van der Waals surface area contributed by atoms with Crippen LogP contribution in [-0.4, -0.2) is 30.9 Å². The first kappa shape index (κ1) is 17.5. The molecule has 1 aromatic rings. The minimum atomic E-state index is -0.114. The highest BCUT2D eigenvalue weighted by molar-refractivity contribution is 6.01. The lowest BCUT2D eigenvalue weighted by Gasteiger charge is -2.37. The fourth-order valence-electron chi connectivity index (χ4n) is 2.62. The number of hydrogen-bond acceptors (Lipinski definition) is 4. The fourth-order valence-corrected chi connectivity index (χ4v) is 2.62. The highest BCUT2D eigenvalue weighted by atomic mass is 16.5. The smallest absolute Gasteiger partial charge is 0.229 e. The summed E-state index contributed by atoms with van der Waals surface area (Å²) in [5.41, 5.74) is 6.72. The van der Waals surface area contributed by atoms with Gasteiger partial charge in [0.1, 0.15) is 11.9 Å². The van der Waals surface area contributed by atoms with Crippen LogP contribution in [0, 0.1) is 11.8 Å². The van der Waals surface area contributed by atoms with E-state index in [1.807, 2.05) is 13.8 Å². The Bertz CT molecular complexity index is 596. The highest BCUT2D eigenvalue weighted by Gasteiger charge is 2.32. The lowest BCUT2D eigenvalue weighted by molar-refractivity contribution is -0.122. The second-order valence-corrected chi connectivity index (χ2v) is 6.65. The van der Waals surface area contributed by atoms with E-state index in [9.17, 15) is 9.59 Å². The highest BCUT2D eigenvalue weighted by Crippen LogP contribution is 2.36. The van der Waals surface area contributed by atoms with Crippen LogP contribution in [-0.2, 0) is 4.79 Å². The van der Waals surface area contributed by atoms with Crippen molar-refractivity contribution in [3.63, 3.8) is 0 Å². The monoisotopic (exact) mass is 318 g/mol. The summed E-state index contributed by atoms with van der Waals surface area (Å²) in [5.74, 6) is 0.872. The van der Waals surface area contributed by atoms with Crippen LogP contribution in [0.4, 0.5) is 5.69 Å². The molecule has 126 valence electrons. The first-order valence-electron chi connectivity index (χ1n) is 8.20. The number of hydrogen-bond donors (Lipinski definition) is 1. The molecule has 0 radical (unpaired) electrons. The zero-order valence-electron chi connectivity index (χ0n) is 14.3. The van der Waals surface area contributed by atoms with Crippen molar-refractivity contribution in [2.24, 2.45) is 17.6 Å². The number of carbonyl (C=O) groups is 2. The SMILES string of the molecule is CC(C)C(=O)N1CC(C(C)C)Oc2ccc(C(=O)CCN)cc21. The summed E-state index contributed by atoms with van der Waals surface area (Å²) in [6, 6.07) is 5.29. The Kier molecular flexibility index (Phi) is 5.42. The Labute approximate surface area is 137 Å². The molecule has 0 fully saturated rings. The van der Waals surface area contributed by atoms with Crippen LogP contribution >= 0.6 is 0 Å². The Balaban J connectivity index is 2.42. The van der Waals surface area contributed by atoms with E-state index in [2.05, 4.69) is 13.8 Å². The number of ether oxygens (including phenoxy) is 1. The summed E-state index contributed by atoms with van der Waals surface area (Å²) in [6.45, 7) is 8.74. The molecular weight excluding hydrogens is 292 g/mol. The summed E-state index contributed by atoms with van der Waals surface area (Å²) in [7, 11) is 0. The number of benzene rings is 1. The molecule has 0 saturated carbocycles. The number of ketones is 1. The summed E-state index contributed by atoms with van der Waals surface area (Å²) in [5, 5.41) is 0. The zero-order chi connectivity index (χ0) is 17.1. The van der Waals surface area contributed by atoms with Crippen molar-refractivity contribution in [3.8, 4) is 5.75 Å². The van der Waals surface area contributed by atoms with Crippen molar-refractivity contribution >= 4 is 17.4 Å². The lowest BCUT2D eigenvalue weighted by atomic mass is 10.0. The number of anilines is 1. The molecule has 0 saturated heterocycles. The third-order valence-corrected chi connectivity index (χ3v) is 4.09. The van der Waals surface area contributed by atoms with E-state index in [1.165, 1.54) is 0 Å². The van der Waals surface area contributed by atoms with Crippen molar-refractivity contribution in [3.05, 3.63) is 23.8 Å². The Morgan fingerprint density at radius 2 is 2.00 bits per heavy atom. The second kappa shape index (κ2) is 7.13. The van der Waals surface area contributed by atoms with Gasteiger partial charge >= 0.3 is 0 Å². The number of nitrogens with zero attached hydrogens (tertiary/aromatic N) is 1. The minimum absolute atomic E-state index is 0.0155. The summed E-state index contributed by atoms with van der Waals surface area (Å²) < 4.78 is 6.02. The second-order valence-electron chi connectivity index (χ2n) is 6.65. The zero-order valence-corrected chi connectivity index (χ0v) is 14.3. The standard InChI is InChI=1S/C18H26N2O3/c1-11(2)17-10-20(18(22)12(3)4)14-9-13(15(21)7-8-19)5-6-16(14)23-17/h5-6,9,11-12,17H,7-8,10,19H2,1-4H3.